The Morgan fingerprint density at radius 2 is 1.73 bits per heavy atom. The fourth-order valence-corrected chi connectivity index (χ4v) is 4.67. The number of halogens is 1. The largest absolute Gasteiger partial charge is 0.488 e. The molecule has 0 saturated carbocycles. The van der Waals surface area contributed by atoms with Crippen molar-refractivity contribution >= 4 is 23.1 Å². The number of quaternary nitrogens is 1. The Balaban J connectivity index is 1.28. The molecule has 1 saturated heterocycles. The molecule has 0 amide bonds. The van der Waals surface area contributed by atoms with Crippen LogP contribution in [-0.4, -0.2) is 53.9 Å². The van der Waals surface area contributed by atoms with Gasteiger partial charge in [-0.25, -0.2) is 4.98 Å². The van der Waals surface area contributed by atoms with Gasteiger partial charge >= 0.3 is 0 Å². The van der Waals surface area contributed by atoms with Crippen LogP contribution in [0.2, 0.25) is 5.02 Å². The lowest BCUT2D eigenvalue weighted by molar-refractivity contribution is -0.900. The number of nitrogens with one attached hydrogen (secondary N) is 1. The summed E-state index contributed by atoms with van der Waals surface area (Å²) in [7, 11) is 0. The van der Waals surface area contributed by atoms with Gasteiger partial charge in [-0.2, -0.15) is 9.61 Å². The van der Waals surface area contributed by atoms with E-state index < -0.39 is 0 Å². The Hall–Kier alpha value is -3.09. The van der Waals surface area contributed by atoms with Crippen LogP contribution in [0.1, 0.15) is 11.4 Å². The lowest BCUT2D eigenvalue weighted by Crippen LogP contribution is -3.15. The molecule has 0 atom stereocenters. The van der Waals surface area contributed by atoms with Gasteiger partial charge < -0.3 is 14.5 Å². The smallest absolute Gasteiger partial charge is 0.165 e. The maximum absolute atomic E-state index is 5.94. The number of benzene rings is 2. The van der Waals surface area contributed by atoms with Crippen LogP contribution >= 0.6 is 11.6 Å². The third-order valence-corrected chi connectivity index (χ3v) is 6.52. The Morgan fingerprint density at radius 3 is 2.45 bits per heavy atom. The minimum Gasteiger partial charge on any atom is -0.488 e. The van der Waals surface area contributed by atoms with Crippen molar-refractivity contribution in [2.45, 2.75) is 13.8 Å². The molecular formula is C26H29ClN5O+. The third-order valence-electron chi connectivity index (χ3n) is 6.27. The van der Waals surface area contributed by atoms with Gasteiger partial charge in [-0.3, -0.25) is 0 Å². The molecule has 7 heteroatoms. The number of fused-ring (bicyclic) bond motifs is 1. The van der Waals surface area contributed by atoms with E-state index in [0.29, 0.717) is 6.61 Å². The molecule has 2 aromatic carbocycles. The van der Waals surface area contributed by atoms with Gasteiger partial charge in [-0.15, -0.1) is 0 Å². The minimum atomic E-state index is 0.703. The van der Waals surface area contributed by atoms with E-state index in [-0.39, 0.29) is 0 Å². The highest BCUT2D eigenvalue weighted by molar-refractivity contribution is 6.30. The minimum absolute atomic E-state index is 0.703. The van der Waals surface area contributed by atoms with Crippen LogP contribution < -0.4 is 14.5 Å². The monoisotopic (exact) mass is 462 g/mol. The fraction of sp³-hybridized carbons (Fsp3) is 0.308. The van der Waals surface area contributed by atoms with E-state index in [0.717, 1.165) is 77.5 Å². The molecule has 170 valence electrons. The van der Waals surface area contributed by atoms with Crippen molar-refractivity contribution in [3.8, 4) is 16.9 Å². The van der Waals surface area contributed by atoms with Gasteiger partial charge in [0.25, 0.3) is 0 Å². The molecule has 1 N–H and O–H groups in total. The second-order valence-corrected chi connectivity index (χ2v) is 9.04. The Morgan fingerprint density at radius 1 is 1.00 bits per heavy atom. The normalized spacial score (nSPS) is 14.7. The maximum atomic E-state index is 5.94. The summed E-state index contributed by atoms with van der Waals surface area (Å²) in [5.41, 5.74) is 5.22. The van der Waals surface area contributed by atoms with Gasteiger partial charge in [0.1, 0.15) is 24.7 Å². The molecule has 0 spiro atoms. The van der Waals surface area contributed by atoms with Crippen molar-refractivity contribution in [1.29, 1.82) is 0 Å². The predicted octanol–water partition coefficient (Wildman–Crippen LogP) is 3.45. The summed E-state index contributed by atoms with van der Waals surface area (Å²) >= 11 is 5.94. The van der Waals surface area contributed by atoms with Crippen LogP contribution in [0, 0.1) is 13.8 Å². The highest BCUT2D eigenvalue weighted by Crippen LogP contribution is 2.30. The van der Waals surface area contributed by atoms with E-state index in [1.165, 1.54) is 0 Å². The fourth-order valence-electron chi connectivity index (χ4n) is 4.54. The van der Waals surface area contributed by atoms with E-state index in [9.17, 15) is 0 Å². The van der Waals surface area contributed by atoms with E-state index in [4.69, 9.17) is 26.4 Å². The molecule has 0 radical (unpaired) electrons. The number of aryl methyl sites for hydroxylation is 2. The first-order chi connectivity index (χ1) is 16.1. The molecule has 1 aliphatic heterocycles. The van der Waals surface area contributed by atoms with Crippen molar-refractivity contribution in [2.75, 3.05) is 44.2 Å². The number of piperazine rings is 1. The van der Waals surface area contributed by atoms with Crippen molar-refractivity contribution in [2.24, 2.45) is 0 Å². The zero-order chi connectivity index (χ0) is 22.8. The molecule has 33 heavy (non-hydrogen) atoms. The van der Waals surface area contributed by atoms with Gasteiger partial charge in [-0.1, -0.05) is 41.9 Å². The van der Waals surface area contributed by atoms with Crippen LogP contribution in [0.3, 0.4) is 0 Å². The number of nitrogens with zero attached hydrogens (tertiary/aromatic N) is 4. The lowest BCUT2D eigenvalue weighted by atomic mass is 10.1. The van der Waals surface area contributed by atoms with Crippen molar-refractivity contribution in [3.63, 3.8) is 0 Å². The van der Waals surface area contributed by atoms with Gasteiger partial charge in [0.15, 0.2) is 5.65 Å². The summed E-state index contributed by atoms with van der Waals surface area (Å²) < 4.78 is 7.92. The molecule has 1 fully saturated rings. The summed E-state index contributed by atoms with van der Waals surface area (Å²) in [4.78, 5) is 8.86. The summed E-state index contributed by atoms with van der Waals surface area (Å²) in [6.45, 7) is 9.92. The standard InChI is InChI=1S/C26H28ClN5O/c1-19-18-24(32-26(28-19)25(20(2)29-32)21-6-4-3-5-7-21)31-14-12-30(13-15-31)16-17-33-23-10-8-22(27)9-11-23/h3-11,18H,12-17H2,1-2H3/p+1. The highest BCUT2D eigenvalue weighted by Gasteiger charge is 2.24. The third kappa shape index (κ3) is 4.68. The molecule has 5 rings (SSSR count). The molecule has 3 heterocycles. The molecule has 6 nitrogen and oxygen atoms in total. The quantitative estimate of drug-likeness (QED) is 0.477. The molecule has 4 aromatic rings. The number of ether oxygens (including phenoxy) is 1. The SMILES string of the molecule is Cc1cc(N2CC[NH+](CCOc3ccc(Cl)cc3)CC2)n2nc(C)c(-c3ccccc3)c2n1. The number of anilines is 1. The molecule has 0 unspecified atom stereocenters. The highest BCUT2D eigenvalue weighted by atomic mass is 35.5. The Bertz CT molecular complexity index is 1230. The first kappa shape index (κ1) is 21.7. The molecule has 2 aromatic heterocycles. The zero-order valence-electron chi connectivity index (χ0n) is 19.1. The van der Waals surface area contributed by atoms with Crippen LogP contribution in [0.4, 0.5) is 5.82 Å². The van der Waals surface area contributed by atoms with E-state index in [1.807, 2.05) is 34.8 Å². The number of aromatic nitrogens is 3. The lowest BCUT2D eigenvalue weighted by Gasteiger charge is -2.33. The summed E-state index contributed by atoms with van der Waals surface area (Å²) in [5.74, 6) is 2.00. The van der Waals surface area contributed by atoms with E-state index in [1.54, 1.807) is 4.90 Å². The number of rotatable bonds is 6. The zero-order valence-corrected chi connectivity index (χ0v) is 19.8. The van der Waals surface area contributed by atoms with Gasteiger partial charge in [-0.05, 0) is 43.7 Å². The summed E-state index contributed by atoms with van der Waals surface area (Å²) in [6, 6.07) is 20.1. The average Bonchev–Trinajstić information content (AvgIpc) is 3.16. The summed E-state index contributed by atoms with van der Waals surface area (Å²) in [6.07, 6.45) is 0. The first-order valence-electron chi connectivity index (χ1n) is 11.5. The topological polar surface area (TPSA) is 47.1 Å². The second kappa shape index (κ2) is 9.41. The molecular weight excluding hydrogens is 434 g/mol. The van der Waals surface area contributed by atoms with Crippen molar-refractivity contribution < 1.29 is 9.64 Å². The maximum Gasteiger partial charge on any atom is 0.165 e. The number of hydrogen-bond acceptors (Lipinski definition) is 4. The van der Waals surface area contributed by atoms with Crippen molar-refractivity contribution in [3.05, 3.63) is 77.1 Å². The average molecular weight is 463 g/mol. The van der Waals surface area contributed by atoms with Gasteiger partial charge in [0, 0.05) is 22.3 Å². The molecule has 0 bridgehead atoms. The number of hydrogen-bond donors (Lipinski definition) is 1. The molecule has 1 aliphatic rings. The predicted molar refractivity (Wildman–Crippen MR) is 133 cm³/mol. The first-order valence-corrected chi connectivity index (χ1v) is 11.9. The Kier molecular flexibility index (Phi) is 6.20. The van der Waals surface area contributed by atoms with Gasteiger partial charge in [0.05, 0.1) is 31.9 Å². The van der Waals surface area contributed by atoms with Crippen LogP contribution in [0.5, 0.6) is 5.75 Å². The Labute approximate surface area is 199 Å². The van der Waals surface area contributed by atoms with Crippen LogP contribution in [-0.2, 0) is 0 Å². The van der Waals surface area contributed by atoms with Gasteiger partial charge in [0.2, 0.25) is 0 Å². The van der Waals surface area contributed by atoms with E-state index >= 15 is 0 Å². The second-order valence-electron chi connectivity index (χ2n) is 8.61. The summed E-state index contributed by atoms with van der Waals surface area (Å²) in [5, 5.41) is 5.62. The van der Waals surface area contributed by atoms with E-state index in [2.05, 4.69) is 49.1 Å². The van der Waals surface area contributed by atoms with Crippen LogP contribution in [0.25, 0.3) is 16.8 Å². The van der Waals surface area contributed by atoms with Crippen LogP contribution in [0.15, 0.2) is 60.7 Å². The van der Waals surface area contributed by atoms with Crippen molar-refractivity contribution in [1.82, 2.24) is 14.6 Å². The molecule has 0 aliphatic carbocycles.